The van der Waals surface area contributed by atoms with Crippen LogP contribution in [0.5, 0.6) is 11.5 Å². The zero-order chi connectivity index (χ0) is 23.1. The number of carbonyl (C=O) groups excluding carboxylic acids is 2. The average molecular weight is 437 g/mol. The highest BCUT2D eigenvalue weighted by Gasteiger charge is 2.35. The topological polar surface area (TPSA) is 85.3 Å². The molecule has 0 aliphatic carbocycles. The summed E-state index contributed by atoms with van der Waals surface area (Å²) in [7, 11) is 1.60. The monoisotopic (exact) mass is 437 g/mol. The van der Waals surface area contributed by atoms with E-state index in [1.54, 1.807) is 50.4 Å². The van der Waals surface area contributed by atoms with Gasteiger partial charge in [0.15, 0.2) is 0 Å². The van der Waals surface area contributed by atoms with E-state index in [2.05, 4.69) is 0 Å². The number of hydrogen-bond donors (Lipinski definition) is 1. The number of methoxy groups -OCH3 is 1. The highest BCUT2D eigenvalue weighted by atomic mass is 16.5. The van der Waals surface area contributed by atoms with E-state index in [0.29, 0.717) is 23.3 Å². The molecule has 0 saturated carbocycles. The van der Waals surface area contributed by atoms with Crippen molar-refractivity contribution in [3.05, 3.63) is 83.2 Å². The standard InChI is InChI=1S/C25H27NO6/c1-4-31-24(28)21-15-26(14-17-6-12-20(30-3)13-7-17)16-22(25(29)32-5-2)23(21)18-8-10-19(27)11-9-18/h6-13,15-16,23,27H,4-5,14H2,1-3H3. The van der Waals surface area contributed by atoms with Crippen LogP contribution in [0.4, 0.5) is 0 Å². The number of benzene rings is 2. The van der Waals surface area contributed by atoms with E-state index in [4.69, 9.17) is 14.2 Å². The van der Waals surface area contributed by atoms with Gasteiger partial charge < -0.3 is 24.2 Å². The Morgan fingerprint density at radius 2 is 1.41 bits per heavy atom. The third-order valence-electron chi connectivity index (χ3n) is 5.00. The van der Waals surface area contributed by atoms with E-state index in [0.717, 1.165) is 11.3 Å². The third kappa shape index (κ3) is 5.29. The van der Waals surface area contributed by atoms with Crippen molar-refractivity contribution in [2.75, 3.05) is 20.3 Å². The number of phenols is 1. The number of rotatable bonds is 8. The van der Waals surface area contributed by atoms with Crippen molar-refractivity contribution in [3.8, 4) is 11.5 Å². The summed E-state index contributed by atoms with van der Waals surface area (Å²) in [6.45, 7) is 4.30. The molecule has 168 valence electrons. The van der Waals surface area contributed by atoms with Crippen LogP contribution in [-0.2, 0) is 25.6 Å². The molecule has 0 atom stereocenters. The van der Waals surface area contributed by atoms with Gasteiger partial charge in [-0.2, -0.15) is 0 Å². The first kappa shape index (κ1) is 22.9. The fraction of sp³-hybridized carbons (Fsp3) is 0.280. The molecule has 2 aromatic carbocycles. The number of hydrogen-bond acceptors (Lipinski definition) is 7. The number of esters is 2. The lowest BCUT2D eigenvalue weighted by molar-refractivity contribution is -0.139. The Bertz CT molecular complexity index is 972. The molecule has 0 amide bonds. The SMILES string of the molecule is CCOC(=O)C1=CN(Cc2ccc(OC)cc2)C=C(C(=O)OCC)C1c1ccc(O)cc1. The molecule has 0 unspecified atom stereocenters. The number of phenolic OH excluding ortho intramolecular Hbond substituents is 1. The van der Waals surface area contributed by atoms with Crippen molar-refractivity contribution < 1.29 is 28.9 Å². The van der Waals surface area contributed by atoms with Crippen LogP contribution >= 0.6 is 0 Å². The van der Waals surface area contributed by atoms with Gasteiger partial charge in [0.2, 0.25) is 0 Å². The Kier molecular flexibility index (Phi) is 7.54. The van der Waals surface area contributed by atoms with Crippen LogP contribution in [0.15, 0.2) is 72.1 Å². The first-order valence-corrected chi connectivity index (χ1v) is 10.4. The molecule has 2 aromatic rings. The Morgan fingerprint density at radius 1 is 0.875 bits per heavy atom. The first-order chi connectivity index (χ1) is 15.5. The van der Waals surface area contributed by atoms with Crippen LogP contribution in [0, 0.1) is 0 Å². The minimum absolute atomic E-state index is 0.0917. The zero-order valence-electron chi connectivity index (χ0n) is 18.4. The van der Waals surface area contributed by atoms with Crippen LogP contribution in [0.2, 0.25) is 0 Å². The van der Waals surface area contributed by atoms with Crippen molar-refractivity contribution >= 4 is 11.9 Å². The molecular formula is C25H27NO6. The Hall–Kier alpha value is -3.74. The summed E-state index contributed by atoms with van der Waals surface area (Å²) in [4.78, 5) is 27.6. The van der Waals surface area contributed by atoms with Crippen LogP contribution in [0.3, 0.4) is 0 Å². The number of ether oxygens (including phenoxy) is 3. The Morgan fingerprint density at radius 3 is 1.88 bits per heavy atom. The van der Waals surface area contributed by atoms with Crippen molar-refractivity contribution in [2.24, 2.45) is 0 Å². The van der Waals surface area contributed by atoms with Crippen LogP contribution in [0.1, 0.15) is 30.9 Å². The van der Waals surface area contributed by atoms with E-state index in [-0.39, 0.29) is 19.0 Å². The second kappa shape index (κ2) is 10.5. The molecule has 1 aliphatic heterocycles. The van der Waals surface area contributed by atoms with Gasteiger partial charge in [0.25, 0.3) is 0 Å². The normalized spacial score (nSPS) is 13.8. The molecule has 1 heterocycles. The molecule has 0 bridgehead atoms. The highest BCUT2D eigenvalue weighted by molar-refractivity contribution is 5.98. The fourth-order valence-corrected chi connectivity index (χ4v) is 3.54. The highest BCUT2D eigenvalue weighted by Crippen LogP contribution is 2.38. The van der Waals surface area contributed by atoms with Gasteiger partial charge in [-0.1, -0.05) is 24.3 Å². The lowest BCUT2D eigenvalue weighted by Crippen LogP contribution is -2.29. The van der Waals surface area contributed by atoms with E-state index < -0.39 is 17.9 Å². The summed E-state index contributed by atoms with van der Waals surface area (Å²) in [6, 6.07) is 13.9. The molecule has 0 spiro atoms. The van der Waals surface area contributed by atoms with E-state index in [1.807, 2.05) is 24.3 Å². The van der Waals surface area contributed by atoms with Crippen LogP contribution < -0.4 is 4.74 Å². The Labute approximate surface area is 187 Å². The van der Waals surface area contributed by atoms with Gasteiger partial charge in [0.05, 0.1) is 37.4 Å². The number of nitrogens with zero attached hydrogens (tertiary/aromatic N) is 1. The van der Waals surface area contributed by atoms with E-state index in [1.165, 1.54) is 12.1 Å². The minimum atomic E-state index is -0.680. The molecule has 32 heavy (non-hydrogen) atoms. The predicted octanol–water partition coefficient (Wildman–Crippen LogP) is 3.89. The van der Waals surface area contributed by atoms with Gasteiger partial charge in [0, 0.05) is 18.9 Å². The summed E-state index contributed by atoms with van der Waals surface area (Å²) in [5.41, 5.74) is 2.27. The van der Waals surface area contributed by atoms with Crippen molar-refractivity contribution in [1.82, 2.24) is 4.90 Å². The van der Waals surface area contributed by atoms with Gasteiger partial charge in [-0.05, 0) is 49.2 Å². The minimum Gasteiger partial charge on any atom is -0.508 e. The van der Waals surface area contributed by atoms with Gasteiger partial charge in [0.1, 0.15) is 11.5 Å². The summed E-state index contributed by atoms with van der Waals surface area (Å²) in [5, 5.41) is 9.69. The molecule has 7 nitrogen and oxygen atoms in total. The van der Waals surface area contributed by atoms with Crippen LogP contribution in [0.25, 0.3) is 0 Å². The molecular weight excluding hydrogens is 410 g/mol. The van der Waals surface area contributed by atoms with Gasteiger partial charge in [-0.15, -0.1) is 0 Å². The lowest BCUT2D eigenvalue weighted by atomic mass is 9.83. The average Bonchev–Trinajstić information content (AvgIpc) is 2.80. The quantitative estimate of drug-likeness (QED) is 0.627. The molecule has 7 heteroatoms. The van der Waals surface area contributed by atoms with Crippen molar-refractivity contribution in [3.63, 3.8) is 0 Å². The second-order valence-corrected chi connectivity index (χ2v) is 7.15. The van der Waals surface area contributed by atoms with Gasteiger partial charge in [-0.3, -0.25) is 0 Å². The maximum atomic E-state index is 12.9. The first-order valence-electron chi connectivity index (χ1n) is 10.4. The van der Waals surface area contributed by atoms with Crippen LogP contribution in [-0.4, -0.2) is 42.3 Å². The molecule has 0 aromatic heterocycles. The van der Waals surface area contributed by atoms with Crippen molar-refractivity contribution in [2.45, 2.75) is 26.3 Å². The van der Waals surface area contributed by atoms with E-state index >= 15 is 0 Å². The summed E-state index contributed by atoms with van der Waals surface area (Å²) in [5.74, 6) is -0.874. The number of carbonyl (C=O) groups is 2. The van der Waals surface area contributed by atoms with Gasteiger partial charge >= 0.3 is 11.9 Å². The number of aromatic hydroxyl groups is 1. The zero-order valence-corrected chi connectivity index (χ0v) is 18.4. The molecule has 3 rings (SSSR count). The summed E-state index contributed by atoms with van der Waals surface area (Å²) in [6.07, 6.45) is 3.39. The molecule has 0 radical (unpaired) electrons. The largest absolute Gasteiger partial charge is 0.508 e. The Balaban J connectivity index is 2.04. The maximum absolute atomic E-state index is 12.9. The molecule has 0 fully saturated rings. The van der Waals surface area contributed by atoms with E-state index in [9.17, 15) is 14.7 Å². The lowest BCUT2D eigenvalue weighted by Gasteiger charge is -2.30. The third-order valence-corrected chi connectivity index (χ3v) is 5.00. The molecule has 1 aliphatic rings. The summed E-state index contributed by atoms with van der Waals surface area (Å²) < 4.78 is 15.8. The van der Waals surface area contributed by atoms with Gasteiger partial charge in [-0.25, -0.2) is 9.59 Å². The van der Waals surface area contributed by atoms with Crippen molar-refractivity contribution in [1.29, 1.82) is 0 Å². The maximum Gasteiger partial charge on any atom is 0.336 e. The smallest absolute Gasteiger partial charge is 0.336 e. The fourth-order valence-electron chi connectivity index (χ4n) is 3.54. The molecule has 0 saturated heterocycles. The second-order valence-electron chi connectivity index (χ2n) is 7.15. The summed E-state index contributed by atoms with van der Waals surface area (Å²) >= 11 is 0. The molecule has 1 N–H and O–H groups in total. The predicted molar refractivity (Wildman–Crippen MR) is 119 cm³/mol.